The molecule has 0 aromatic rings. The molecule has 8 heteroatoms. The van der Waals surface area contributed by atoms with Crippen molar-refractivity contribution in [3.05, 3.63) is 12.1 Å². The highest BCUT2D eigenvalue weighted by atomic mass is 32.2. The summed E-state index contributed by atoms with van der Waals surface area (Å²) in [6, 6.07) is 0. The van der Waals surface area contributed by atoms with Crippen LogP contribution in [0.25, 0.3) is 4.72 Å². The molecule has 0 fully saturated rings. The number of sulfonamides is 2. The monoisotopic (exact) mass is 304 g/mol. The van der Waals surface area contributed by atoms with Crippen molar-refractivity contribution in [2.45, 2.75) is 40.0 Å². The Morgan fingerprint density at radius 1 is 0.889 bits per heavy atom. The van der Waals surface area contributed by atoms with Gasteiger partial charge in [0.2, 0.25) is 10.0 Å². The summed E-state index contributed by atoms with van der Waals surface area (Å²) >= 11 is 0. The van der Waals surface area contributed by atoms with E-state index in [2.05, 4.69) is 23.7 Å². The molecule has 0 saturated carbocycles. The van der Waals surface area contributed by atoms with Crippen molar-refractivity contribution in [1.29, 1.82) is 0 Å². The van der Waals surface area contributed by atoms with E-state index in [0.717, 1.165) is 18.9 Å². The smallest absolute Gasteiger partial charge is 0.206 e. The predicted molar refractivity (Wildman–Crippen MR) is 79.4 cm³/mol. The molecular weight excluding hydrogens is 276 g/mol. The second-order valence-corrected chi connectivity index (χ2v) is 6.80. The van der Waals surface area contributed by atoms with Crippen molar-refractivity contribution in [3.63, 3.8) is 0 Å². The van der Waals surface area contributed by atoms with Crippen LogP contribution in [-0.2, 0) is 20.0 Å². The molecule has 0 rings (SSSR count). The summed E-state index contributed by atoms with van der Waals surface area (Å²) in [5, 5.41) is 4.33. The lowest BCUT2D eigenvalue weighted by molar-refractivity contribution is 0.602. The topological polar surface area (TPSA) is 108 Å². The van der Waals surface area contributed by atoms with Gasteiger partial charge in [0.05, 0.1) is 16.3 Å². The van der Waals surface area contributed by atoms with Crippen LogP contribution in [0.1, 0.15) is 40.0 Å². The van der Waals surface area contributed by atoms with Crippen molar-refractivity contribution in [1.82, 2.24) is 0 Å². The molecule has 0 saturated heterocycles. The van der Waals surface area contributed by atoms with Crippen molar-refractivity contribution in [2.24, 2.45) is 5.14 Å². The van der Waals surface area contributed by atoms with Gasteiger partial charge in [-0.25, -0.2) is 22.0 Å². The standard InChI is InChI=1S/C4H10NO2S.C4H10.CH5NO2S.CH3/c1-3-4-5-8(2,6)7;1-3-4-2;1-5(2,3)4;/h3-4H2,1-2H3;3-4H2,1-2H3;1H3,(H2,2,3,4);1H3/q-1;;;+1. The van der Waals surface area contributed by atoms with Crippen LogP contribution in [0.3, 0.4) is 0 Å². The molecule has 0 aliphatic carbocycles. The third-order valence-corrected chi connectivity index (χ3v) is 1.70. The van der Waals surface area contributed by atoms with Crippen molar-refractivity contribution >= 4 is 20.0 Å². The van der Waals surface area contributed by atoms with Gasteiger partial charge in [-0.05, 0) is 0 Å². The maximum absolute atomic E-state index is 10.2. The van der Waals surface area contributed by atoms with Crippen molar-refractivity contribution < 1.29 is 16.8 Å². The van der Waals surface area contributed by atoms with Crippen LogP contribution >= 0.6 is 0 Å². The van der Waals surface area contributed by atoms with Crippen molar-refractivity contribution in [2.75, 3.05) is 19.1 Å². The molecule has 0 heterocycles. The summed E-state index contributed by atoms with van der Waals surface area (Å²) in [6.45, 7) is 6.66. The SMILES string of the molecule is CCCC.CCC[N-]S(C)(=O)=O.CS(N)(=O)=O.[CH3+]. The largest absolute Gasteiger partial charge is 0.549 e. The van der Waals surface area contributed by atoms with Gasteiger partial charge in [-0.2, -0.15) is 0 Å². The average molecular weight is 304 g/mol. The Balaban J connectivity index is -0.0000000855. The Morgan fingerprint density at radius 3 is 1.22 bits per heavy atom. The molecule has 18 heavy (non-hydrogen) atoms. The Bertz CT molecular complexity index is 327. The van der Waals surface area contributed by atoms with Crippen LogP contribution in [0.4, 0.5) is 0 Å². The molecule has 0 aliphatic rings. The van der Waals surface area contributed by atoms with Crippen LogP contribution in [0, 0.1) is 7.43 Å². The van der Waals surface area contributed by atoms with Gasteiger partial charge in [0.15, 0.2) is 0 Å². The van der Waals surface area contributed by atoms with E-state index in [1.165, 1.54) is 12.8 Å². The van der Waals surface area contributed by atoms with E-state index >= 15 is 0 Å². The third kappa shape index (κ3) is 105. The number of nitrogens with two attached hydrogens (primary N) is 1. The van der Waals surface area contributed by atoms with Crippen LogP contribution in [-0.4, -0.2) is 35.9 Å². The van der Waals surface area contributed by atoms with Crippen LogP contribution < -0.4 is 5.14 Å². The average Bonchev–Trinajstić information content (AvgIpc) is 2.11. The maximum atomic E-state index is 10.2. The molecule has 0 aromatic heterocycles. The Morgan fingerprint density at radius 2 is 1.17 bits per heavy atom. The molecule has 2 N–H and O–H groups in total. The first-order chi connectivity index (χ1) is 7.47. The van der Waals surface area contributed by atoms with Gasteiger partial charge in [0.1, 0.15) is 0 Å². The first kappa shape index (κ1) is 26.3. The van der Waals surface area contributed by atoms with E-state index in [4.69, 9.17) is 0 Å². The van der Waals surface area contributed by atoms with Gasteiger partial charge < -0.3 is 4.72 Å². The number of unbranched alkanes of at least 4 members (excludes halogenated alkanes) is 1. The summed E-state index contributed by atoms with van der Waals surface area (Å²) in [4.78, 5) is 0. The van der Waals surface area contributed by atoms with E-state index in [0.29, 0.717) is 6.54 Å². The highest BCUT2D eigenvalue weighted by Gasteiger charge is 1.80. The fourth-order valence-corrected chi connectivity index (χ4v) is 0.771. The van der Waals surface area contributed by atoms with Gasteiger partial charge in [-0.1, -0.05) is 40.0 Å². The first-order valence-corrected chi connectivity index (χ1v) is 9.14. The summed E-state index contributed by atoms with van der Waals surface area (Å²) < 4.78 is 42.6. The summed E-state index contributed by atoms with van der Waals surface area (Å²) in [5.74, 6) is 0. The fraction of sp³-hybridized carbons (Fsp3) is 0.900. The zero-order chi connectivity index (χ0) is 14.5. The third-order valence-electron chi connectivity index (χ3n) is 1.05. The quantitative estimate of drug-likeness (QED) is 0.800. The van der Waals surface area contributed by atoms with E-state index in [9.17, 15) is 16.8 Å². The van der Waals surface area contributed by atoms with Gasteiger partial charge in [0.25, 0.3) is 0 Å². The van der Waals surface area contributed by atoms with E-state index in [1.807, 2.05) is 6.92 Å². The van der Waals surface area contributed by atoms with Gasteiger partial charge in [-0.15, -0.1) is 6.54 Å². The minimum Gasteiger partial charge on any atom is -0.549 e. The normalized spacial score (nSPS) is 10.1. The molecule has 0 bridgehead atoms. The van der Waals surface area contributed by atoms with E-state index in [1.54, 1.807) is 0 Å². The van der Waals surface area contributed by atoms with Gasteiger partial charge in [-0.3, -0.25) is 0 Å². The van der Waals surface area contributed by atoms with Crippen LogP contribution in [0.5, 0.6) is 0 Å². The number of hydrogen-bond donors (Lipinski definition) is 1. The van der Waals surface area contributed by atoms with Gasteiger partial charge >= 0.3 is 0 Å². The van der Waals surface area contributed by atoms with E-state index < -0.39 is 20.0 Å². The molecule has 0 radical (unpaired) electrons. The lowest BCUT2D eigenvalue weighted by Gasteiger charge is -2.12. The Hall–Kier alpha value is -0.310. The minimum atomic E-state index is -3.17. The Kier molecular flexibility index (Phi) is 21.5. The second kappa shape index (κ2) is 14.7. The molecule has 0 amide bonds. The predicted octanol–water partition coefficient (Wildman–Crippen LogP) is 1.89. The van der Waals surface area contributed by atoms with Crippen LogP contribution in [0.15, 0.2) is 0 Å². The zero-order valence-electron chi connectivity index (χ0n) is 12.3. The molecule has 0 atom stereocenters. The number of nitrogens with zero attached hydrogens (tertiary/aromatic N) is 1. The number of rotatable bonds is 4. The molecule has 0 aromatic carbocycles. The highest BCUT2D eigenvalue weighted by Crippen LogP contribution is 1.96. The zero-order valence-corrected chi connectivity index (χ0v) is 13.9. The Labute approximate surface area is 113 Å². The lowest BCUT2D eigenvalue weighted by atomic mass is 10.4. The summed E-state index contributed by atoms with van der Waals surface area (Å²) in [7, 11) is -6.23. The van der Waals surface area contributed by atoms with Crippen LogP contribution in [0.2, 0.25) is 0 Å². The summed E-state index contributed by atoms with van der Waals surface area (Å²) in [6.07, 6.45) is 5.46. The minimum absolute atomic E-state index is 0. The molecule has 0 spiro atoms. The molecule has 0 unspecified atom stereocenters. The summed E-state index contributed by atoms with van der Waals surface area (Å²) in [5.41, 5.74) is 0. The molecular formula is C10H28N2O4S2. The first-order valence-electron chi connectivity index (χ1n) is 5.34. The number of hydrogen-bond acceptors (Lipinski definition) is 4. The lowest BCUT2D eigenvalue weighted by Crippen LogP contribution is -2.07. The molecule has 6 nitrogen and oxygen atoms in total. The van der Waals surface area contributed by atoms with E-state index in [-0.39, 0.29) is 7.43 Å². The second-order valence-electron chi connectivity index (χ2n) is 3.42. The maximum Gasteiger partial charge on any atom is 0.206 e. The van der Waals surface area contributed by atoms with Crippen molar-refractivity contribution in [3.8, 4) is 0 Å². The number of primary sulfonamides is 1. The highest BCUT2D eigenvalue weighted by molar-refractivity contribution is 7.93. The fourth-order valence-electron chi connectivity index (χ4n) is 0.257. The molecule has 0 aliphatic heterocycles. The van der Waals surface area contributed by atoms with Gasteiger partial charge in [0, 0.05) is 13.7 Å². The molecule has 114 valence electrons.